The molecule has 2 bridgehead atoms. The number of aliphatic hydroxyl groups is 1. The molecule has 202 valence electrons. The van der Waals surface area contributed by atoms with Crippen LogP contribution in [-0.2, 0) is 25.7 Å². The fourth-order valence-electron chi connectivity index (χ4n) is 5.80. The highest BCUT2D eigenvalue weighted by atomic mass is 19.1. The Kier molecular flexibility index (Phi) is 6.88. The van der Waals surface area contributed by atoms with Crippen LogP contribution in [0, 0.1) is 11.7 Å². The Morgan fingerprint density at radius 3 is 2.42 bits per heavy atom. The molecular weight excluding hydrogens is 497 g/mol. The molecule has 0 spiro atoms. The Balaban J connectivity index is 1.39. The number of carbonyl (C=O) groups is 4. The first-order valence-corrected chi connectivity index (χ1v) is 12.9. The zero-order valence-corrected chi connectivity index (χ0v) is 20.9. The minimum Gasteiger partial charge on any atom is -0.393 e. The Morgan fingerprint density at radius 2 is 1.76 bits per heavy atom. The number of nitrogens with one attached hydrogen (secondary N) is 2. The number of amides is 4. The predicted octanol–water partition coefficient (Wildman–Crippen LogP) is 0.513. The number of fused-ring (bicyclic) bond motifs is 2. The molecule has 12 heteroatoms. The van der Waals surface area contributed by atoms with Gasteiger partial charge < -0.3 is 20.6 Å². The van der Waals surface area contributed by atoms with Crippen molar-refractivity contribution in [1.29, 1.82) is 0 Å². The number of hydroxylamine groups is 3. The highest BCUT2D eigenvalue weighted by Gasteiger charge is 2.61. The number of hydrogen-bond acceptors (Lipinski definition) is 7. The van der Waals surface area contributed by atoms with Gasteiger partial charge in [-0.1, -0.05) is 16.8 Å². The van der Waals surface area contributed by atoms with E-state index in [0.29, 0.717) is 44.1 Å². The van der Waals surface area contributed by atoms with E-state index in [1.165, 1.54) is 29.2 Å². The molecule has 5 aliphatic rings. The average Bonchev–Trinajstić information content (AvgIpc) is 3.10. The standard InChI is InChI=1S/C26H30FN5O6/c27-18-3-1-16(2-4-18)14-28-22(35)20-13-21(34)32(38)15-17-5-9-26(10-6-17,25(32)29-20)30-23(36)24(37)31-11-7-19(33)8-12-31/h1-4,13,17,19,33,38H,5-12,14-15H2,(H-,28,30,35,36)/p+1. The molecule has 1 saturated carbocycles. The van der Waals surface area contributed by atoms with Gasteiger partial charge >= 0.3 is 17.7 Å². The first-order chi connectivity index (χ1) is 18.1. The van der Waals surface area contributed by atoms with Gasteiger partial charge in [0.15, 0.2) is 0 Å². The Morgan fingerprint density at radius 1 is 1.11 bits per heavy atom. The Bertz CT molecular complexity index is 1210. The zero-order valence-electron chi connectivity index (χ0n) is 20.9. The van der Waals surface area contributed by atoms with Gasteiger partial charge in [0, 0.05) is 25.6 Å². The van der Waals surface area contributed by atoms with Crippen LogP contribution in [0.5, 0.6) is 0 Å². The number of amidine groups is 1. The van der Waals surface area contributed by atoms with Crippen molar-refractivity contribution in [3.63, 3.8) is 0 Å². The molecule has 11 nitrogen and oxygen atoms in total. The van der Waals surface area contributed by atoms with Crippen molar-refractivity contribution in [1.82, 2.24) is 15.5 Å². The maximum atomic E-state index is 13.2. The summed E-state index contributed by atoms with van der Waals surface area (Å²) in [4.78, 5) is 58.0. The molecule has 4 fully saturated rings. The van der Waals surface area contributed by atoms with E-state index in [4.69, 9.17) is 0 Å². The summed E-state index contributed by atoms with van der Waals surface area (Å²) in [5.41, 5.74) is -0.857. The highest BCUT2D eigenvalue weighted by Crippen LogP contribution is 2.43. The number of aliphatic imine (C=N–C) groups is 1. The summed E-state index contributed by atoms with van der Waals surface area (Å²) in [7, 11) is 0. The lowest BCUT2D eigenvalue weighted by Gasteiger charge is -2.39. The molecule has 38 heavy (non-hydrogen) atoms. The number of nitrogens with zero attached hydrogens (tertiary/aromatic N) is 3. The minimum absolute atomic E-state index is 0.00298. The van der Waals surface area contributed by atoms with E-state index in [9.17, 15) is 33.9 Å². The monoisotopic (exact) mass is 528 g/mol. The molecule has 1 aromatic carbocycles. The van der Waals surface area contributed by atoms with Crippen LogP contribution in [0.3, 0.4) is 0 Å². The van der Waals surface area contributed by atoms with Gasteiger partial charge in [0.25, 0.3) is 11.7 Å². The third kappa shape index (κ3) is 4.86. The lowest BCUT2D eigenvalue weighted by Crippen LogP contribution is -2.68. The summed E-state index contributed by atoms with van der Waals surface area (Å²) in [5.74, 6) is -3.49. The quantitative estimate of drug-likeness (QED) is 0.254. The molecular formula is C26H31FN5O6+. The van der Waals surface area contributed by atoms with Gasteiger partial charge in [-0.2, -0.15) is 4.99 Å². The summed E-state index contributed by atoms with van der Waals surface area (Å²) in [6.07, 6.45) is 3.15. The highest BCUT2D eigenvalue weighted by molar-refractivity contribution is 6.35. The normalized spacial score (nSPS) is 29.1. The van der Waals surface area contributed by atoms with Gasteiger partial charge in [0.05, 0.1) is 12.2 Å². The lowest BCUT2D eigenvalue weighted by molar-refractivity contribution is -0.967. The number of piperidine rings is 1. The van der Waals surface area contributed by atoms with Crippen molar-refractivity contribution in [3.8, 4) is 0 Å². The van der Waals surface area contributed by atoms with Crippen LogP contribution in [-0.4, -0.2) is 80.6 Å². The van der Waals surface area contributed by atoms with E-state index < -0.39 is 45.7 Å². The molecule has 1 unspecified atom stereocenters. The Labute approximate surface area is 218 Å². The molecule has 4 aliphatic heterocycles. The van der Waals surface area contributed by atoms with Crippen LogP contribution in [0.15, 0.2) is 41.0 Å². The van der Waals surface area contributed by atoms with Crippen molar-refractivity contribution >= 4 is 29.5 Å². The average molecular weight is 529 g/mol. The van der Waals surface area contributed by atoms with E-state index in [2.05, 4.69) is 15.6 Å². The predicted molar refractivity (Wildman–Crippen MR) is 130 cm³/mol. The van der Waals surface area contributed by atoms with E-state index in [0.717, 1.165) is 6.08 Å². The maximum absolute atomic E-state index is 13.2. The van der Waals surface area contributed by atoms with Crippen LogP contribution >= 0.6 is 0 Å². The molecule has 0 radical (unpaired) electrons. The molecule has 3 saturated heterocycles. The number of carbonyl (C=O) groups excluding carboxylic acids is 4. The van der Waals surface area contributed by atoms with E-state index in [-0.39, 0.29) is 43.6 Å². The van der Waals surface area contributed by atoms with Crippen LogP contribution in [0.4, 0.5) is 4.39 Å². The van der Waals surface area contributed by atoms with Crippen LogP contribution in [0.1, 0.15) is 44.1 Å². The molecule has 4 heterocycles. The summed E-state index contributed by atoms with van der Waals surface area (Å²) in [5, 5.41) is 26.7. The SMILES string of the molecule is O=C(NC12CCC(CC1)C[N+]1(O)C(=O)C=C(C(=O)NCc3ccc(F)cc3)N=C21)C(=O)N1CCC(O)CC1. The second-order valence-corrected chi connectivity index (χ2v) is 10.6. The smallest absolute Gasteiger partial charge is 0.379 e. The molecule has 4 N–H and O–H groups in total. The first-order valence-electron chi connectivity index (χ1n) is 12.9. The second kappa shape index (κ2) is 10.0. The van der Waals surface area contributed by atoms with Crippen molar-refractivity contribution in [2.75, 3.05) is 19.6 Å². The largest absolute Gasteiger partial charge is 0.393 e. The van der Waals surface area contributed by atoms with Crippen molar-refractivity contribution < 1.29 is 38.5 Å². The van der Waals surface area contributed by atoms with Gasteiger partial charge in [0.1, 0.15) is 23.6 Å². The molecule has 0 aromatic heterocycles. The van der Waals surface area contributed by atoms with Gasteiger partial charge in [0.2, 0.25) is 0 Å². The minimum atomic E-state index is -1.28. The number of aliphatic hydroxyl groups excluding tert-OH is 1. The number of likely N-dealkylation sites (tertiary alicyclic amines) is 1. The molecule has 4 amide bonds. The number of quaternary nitrogens is 1. The summed E-state index contributed by atoms with van der Waals surface area (Å²) in [6, 6.07) is 5.58. The van der Waals surface area contributed by atoms with Crippen molar-refractivity contribution in [2.24, 2.45) is 10.9 Å². The second-order valence-electron chi connectivity index (χ2n) is 10.6. The lowest BCUT2D eigenvalue weighted by atomic mass is 9.77. The molecule has 1 atom stereocenters. The topological polar surface area (TPSA) is 148 Å². The van der Waals surface area contributed by atoms with Gasteiger partial charge in [-0.15, -0.1) is 0 Å². The van der Waals surface area contributed by atoms with Crippen LogP contribution in [0.25, 0.3) is 0 Å². The van der Waals surface area contributed by atoms with Crippen molar-refractivity contribution in [2.45, 2.75) is 56.7 Å². The third-order valence-electron chi connectivity index (χ3n) is 8.01. The van der Waals surface area contributed by atoms with Crippen LogP contribution < -0.4 is 10.6 Å². The fraction of sp³-hybridized carbons (Fsp3) is 0.500. The maximum Gasteiger partial charge on any atom is 0.379 e. The fourth-order valence-corrected chi connectivity index (χ4v) is 5.80. The third-order valence-corrected chi connectivity index (χ3v) is 8.01. The number of rotatable bonds is 4. The zero-order chi connectivity index (χ0) is 27.1. The van der Waals surface area contributed by atoms with Crippen LogP contribution in [0.2, 0.25) is 0 Å². The first kappa shape index (κ1) is 26.1. The Hall–Kier alpha value is -3.48. The van der Waals surface area contributed by atoms with E-state index in [1.54, 1.807) is 0 Å². The number of halogens is 1. The van der Waals surface area contributed by atoms with Crippen molar-refractivity contribution in [3.05, 3.63) is 47.4 Å². The molecule has 1 aliphatic carbocycles. The summed E-state index contributed by atoms with van der Waals surface area (Å²) in [6.45, 7) is 0.637. The van der Waals surface area contributed by atoms with Gasteiger partial charge in [-0.05, 0) is 56.2 Å². The van der Waals surface area contributed by atoms with Gasteiger partial charge in [-0.3, -0.25) is 14.4 Å². The molecule has 6 rings (SSSR count). The van der Waals surface area contributed by atoms with E-state index in [1.807, 2.05) is 0 Å². The number of hydrogen-bond donors (Lipinski definition) is 4. The van der Waals surface area contributed by atoms with Gasteiger partial charge in [-0.25, -0.2) is 14.4 Å². The number of benzene rings is 1. The molecule has 1 aromatic rings. The summed E-state index contributed by atoms with van der Waals surface area (Å²) < 4.78 is 12.0. The summed E-state index contributed by atoms with van der Waals surface area (Å²) >= 11 is 0. The van der Waals surface area contributed by atoms with E-state index >= 15 is 0 Å².